The van der Waals surface area contributed by atoms with Crippen LogP contribution in [0.1, 0.15) is 37.1 Å². The van der Waals surface area contributed by atoms with Gasteiger partial charge in [-0.2, -0.15) is 10.2 Å². The Balaban J connectivity index is 1.38. The third-order valence-corrected chi connectivity index (χ3v) is 5.95. The first-order valence-electron chi connectivity index (χ1n) is 9.91. The molecule has 1 aromatic carbocycles. The normalized spacial score (nSPS) is 15.5. The number of halogens is 2. The molecule has 31 heavy (non-hydrogen) atoms. The van der Waals surface area contributed by atoms with E-state index in [1.54, 1.807) is 24.3 Å². The van der Waals surface area contributed by atoms with Crippen molar-refractivity contribution in [3.63, 3.8) is 0 Å². The van der Waals surface area contributed by atoms with E-state index in [0.717, 1.165) is 5.56 Å². The number of rotatable bonds is 5. The molecule has 1 N–H and O–H groups in total. The largest absolute Gasteiger partial charge is 0.459 e. The van der Waals surface area contributed by atoms with E-state index in [4.69, 9.17) is 32.0 Å². The number of oxazole rings is 1. The summed E-state index contributed by atoms with van der Waals surface area (Å²) >= 11 is 12.2. The van der Waals surface area contributed by atoms with Crippen LogP contribution in [-0.2, 0) is 4.79 Å². The van der Waals surface area contributed by atoms with Crippen LogP contribution in [0.5, 0.6) is 0 Å². The Morgan fingerprint density at radius 2 is 2.10 bits per heavy atom. The van der Waals surface area contributed by atoms with Crippen LogP contribution in [0.25, 0.3) is 11.7 Å². The fraction of sp³-hybridized carbons (Fsp3) is 0.318. The number of benzene rings is 1. The van der Waals surface area contributed by atoms with Crippen molar-refractivity contribution < 1.29 is 13.6 Å². The quantitative estimate of drug-likeness (QED) is 0.563. The van der Waals surface area contributed by atoms with Crippen LogP contribution in [0.15, 0.2) is 45.4 Å². The van der Waals surface area contributed by atoms with Crippen LogP contribution in [0.2, 0.25) is 10.0 Å². The Morgan fingerprint density at radius 1 is 1.32 bits per heavy atom. The predicted octanol–water partition coefficient (Wildman–Crippen LogP) is 5.21. The minimum atomic E-state index is -0.231. The number of aromatic nitrogens is 1. The summed E-state index contributed by atoms with van der Waals surface area (Å²) in [7, 11) is 0. The zero-order valence-electron chi connectivity index (χ0n) is 16.8. The van der Waals surface area contributed by atoms with Crippen molar-refractivity contribution in [2.24, 2.45) is 5.92 Å². The molecule has 3 aromatic rings. The minimum absolute atomic E-state index is 0.0208. The van der Waals surface area contributed by atoms with Crippen LogP contribution >= 0.6 is 23.2 Å². The van der Waals surface area contributed by atoms with Crippen LogP contribution in [-0.4, -0.2) is 24.0 Å². The van der Waals surface area contributed by atoms with Gasteiger partial charge in [-0.25, -0.2) is 0 Å². The Labute approximate surface area is 189 Å². The number of hydrogen-bond donors (Lipinski definition) is 1. The van der Waals surface area contributed by atoms with Crippen molar-refractivity contribution in [2.45, 2.75) is 25.8 Å². The van der Waals surface area contributed by atoms with E-state index < -0.39 is 0 Å². The highest BCUT2D eigenvalue weighted by atomic mass is 35.5. The van der Waals surface area contributed by atoms with E-state index in [-0.39, 0.29) is 29.5 Å². The Hall–Kier alpha value is -2.95. The maximum atomic E-state index is 12.8. The van der Waals surface area contributed by atoms with Crippen molar-refractivity contribution in [2.75, 3.05) is 18.0 Å². The number of nitriles is 1. The average molecular weight is 459 g/mol. The zero-order chi connectivity index (χ0) is 22.0. The maximum absolute atomic E-state index is 12.8. The second-order valence-electron chi connectivity index (χ2n) is 7.42. The summed E-state index contributed by atoms with van der Waals surface area (Å²) in [6.07, 6.45) is 2.79. The van der Waals surface area contributed by atoms with Crippen molar-refractivity contribution in [1.29, 1.82) is 5.26 Å². The number of amides is 1. The maximum Gasteiger partial charge on any atom is 0.266 e. The van der Waals surface area contributed by atoms with Crippen molar-refractivity contribution in [3.8, 4) is 17.7 Å². The lowest BCUT2D eigenvalue weighted by atomic mass is 9.95. The number of nitrogens with one attached hydrogen (secondary N) is 1. The molecule has 1 atom stereocenters. The monoisotopic (exact) mass is 458 g/mol. The van der Waals surface area contributed by atoms with E-state index in [9.17, 15) is 10.1 Å². The van der Waals surface area contributed by atoms with Gasteiger partial charge in [0.15, 0.2) is 5.76 Å². The summed E-state index contributed by atoms with van der Waals surface area (Å²) in [5, 5.41) is 13.6. The minimum Gasteiger partial charge on any atom is -0.459 e. The molecule has 7 nitrogen and oxygen atoms in total. The molecular formula is C22H20Cl2N4O3. The summed E-state index contributed by atoms with van der Waals surface area (Å²) in [6, 6.07) is 10.5. The molecule has 1 aliphatic rings. The van der Waals surface area contributed by atoms with Gasteiger partial charge in [0.2, 0.25) is 17.5 Å². The van der Waals surface area contributed by atoms with Crippen molar-refractivity contribution >= 4 is 35.0 Å². The number of piperidine rings is 1. The fourth-order valence-corrected chi connectivity index (χ4v) is 4.28. The van der Waals surface area contributed by atoms with Crippen LogP contribution in [0.3, 0.4) is 0 Å². The first-order chi connectivity index (χ1) is 15.0. The summed E-state index contributed by atoms with van der Waals surface area (Å²) in [5.74, 6) is 0.987. The van der Waals surface area contributed by atoms with E-state index in [1.165, 1.54) is 6.26 Å². The van der Waals surface area contributed by atoms with Gasteiger partial charge in [0.05, 0.1) is 12.3 Å². The van der Waals surface area contributed by atoms with Crippen LogP contribution in [0.4, 0.5) is 5.88 Å². The molecule has 0 aliphatic carbocycles. The van der Waals surface area contributed by atoms with Gasteiger partial charge in [-0.1, -0.05) is 29.3 Å². The van der Waals surface area contributed by atoms with Gasteiger partial charge < -0.3 is 19.1 Å². The lowest BCUT2D eigenvalue weighted by Crippen LogP contribution is -2.41. The van der Waals surface area contributed by atoms with Gasteiger partial charge in [-0.15, -0.1) is 0 Å². The molecule has 0 spiro atoms. The van der Waals surface area contributed by atoms with Crippen molar-refractivity contribution in [3.05, 3.63) is 57.9 Å². The Kier molecular flexibility index (Phi) is 6.21. The third-order valence-electron chi connectivity index (χ3n) is 5.39. The molecule has 0 radical (unpaired) electrons. The Morgan fingerprint density at radius 3 is 2.74 bits per heavy atom. The molecule has 1 fully saturated rings. The molecule has 4 rings (SSSR count). The second kappa shape index (κ2) is 9.04. The molecular weight excluding hydrogens is 439 g/mol. The fourth-order valence-electron chi connectivity index (χ4n) is 3.71. The van der Waals surface area contributed by atoms with Gasteiger partial charge in [0.1, 0.15) is 6.07 Å². The third kappa shape index (κ3) is 4.55. The van der Waals surface area contributed by atoms with Gasteiger partial charge in [-0.3, -0.25) is 4.79 Å². The van der Waals surface area contributed by atoms with Gasteiger partial charge in [-0.05, 0) is 49.6 Å². The van der Waals surface area contributed by atoms with Gasteiger partial charge in [0, 0.05) is 29.1 Å². The number of hydrogen-bond acceptors (Lipinski definition) is 6. The SMILES string of the molecule is CC(NC(=O)C1CCN(c2oc(-c3ccco3)nc2C#N)CC1)c1ccc(Cl)cc1Cl. The van der Waals surface area contributed by atoms with Gasteiger partial charge >= 0.3 is 0 Å². The molecule has 2 aromatic heterocycles. The van der Waals surface area contributed by atoms with E-state index in [1.807, 2.05) is 17.9 Å². The lowest BCUT2D eigenvalue weighted by Gasteiger charge is -2.31. The number of furan rings is 1. The molecule has 1 amide bonds. The summed E-state index contributed by atoms with van der Waals surface area (Å²) < 4.78 is 11.1. The zero-order valence-corrected chi connectivity index (χ0v) is 18.3. The number of carbonyl (C=O) groups excluding carboxylic acids is 1. The summed E-state index contributed by atoms with van der Waals surface area (Å²) in [6.45, 7) is 3.05. The highest BCUT2D eigenvalue weighted by Crippen LogP contribution is 2.32. The molecule has 160 valence electrons. The summed E-state index contributed by atoms with van der Waals surface area (Å²) in [4.78, 5) is 19.0. The molecule has 9 heteroatoms. The van der Waals surface area contributed by atoms with Crippen molar-refractivity contribution in [1.82, 2.24) is 10.3 Å². The number of carbonyl (C=O) groups is 1. The highest BCUT2D eigenvalue weighted by molar-refractivity contribution is 6.35. The molecule has 1 unspecified atom stereocenters. The smallest absolute Gasteiger partial charge is 0.266 e. The lowest BCUT2D eigenvalue weighted by molar-refractivity contribution is -0.126. The van der Waals surface area contributed by atoms with Crippen LogP contribution in [0, 0.1) is 17.2 Å². The van der Waals surface area contributed by atoms with E-state index in [2.05, 4.69) is 16.4 Å². The Bertz CT molecular complexity index is 1110. The molecule has 3 heterocycles. The predicted molar refractivity (Wildman–Crippen MR) is 117 cm³/mol. The first-order valence-corrected chi connectivity index (χ1v) is 10.7. The number of nitrogens with zero attached hydrogens (tertiary/aromatic N) is 3. The highest BCUT2D eigenvalue weighted by Gasteiger charge is 2.30. The topological polar surface area (TPSA) is 95.3 Å². The van der Waals surface area contributed by atoms with E-state index in [0.29, 0.717) is 47.6 Å². The standard InChI is InChI=1S/C22H20Cl2N4O3/c1-13(16-5-4-15(23)11-17(16)24)26-20(29)14-6-8-28(9-7-14)22-18(12-25)27-21(31-22)19-3-2-10-30-19/h2-5,10-11,13-14H,6-9H2,1H3,(H,26,29). The number of anilines is 1. The second-order valence-corrected chi connectivity index (χ2v) is 8.26. The average Bonchev–Trinajstić information content (AvgIpc) is 3.43. The summed E-state index contributed by atoms with van der Waals surface area (Å²) in [5.41, 5.74) is 1.03. The van der Waals surface area contributed by atoms with E-state index >= 15 is 0 Å². The molecule has 1 aliphatic heterocycles. The molecule has 0 bridgehead atoms. The molecule has 0 saturated carbocycles. The first kappa shape index (κ1) is 21.3. The molecule has 1 saturated heterocycles. The van der Waals surface area contributed by atoms with Crippen LogP contribution < -0.4 is 10.2 Å². The van der Waals surface area contributed by atoms with Gasteiger partial charge in [0.25, 0.3) is 5.89 Å².